The maximum Gasteiger partial charge on any atom is 0.178 e. The van der Waals surface area contributed by atoms with Crippen LogP contribution in [0.15, 0.2) is 29.2 Å². The summed E-state index contributed by atoms with van der Waals surface area (Å²) in [5, 5.41) is 3.41. The summed E-state index contributed by atoms with van der Waals surface area (Å²) in [6.45, 7) is 6.56. The molecule has 1 aromatic carbocycles. The molecule has 1 N–H and O–H groups in total. The average Bonchev–Trinajstić information content (AvgIpc) is 2.45. The van der Waals surface area contributed by atoms with Crippen LogP contribution in [0, 0.1) is 5.92 Å². The summed E-state index contributed by atoms with van der Waals surface area (Å²) in [5.41, 5.74) is 0.894. The van der Waals surface area contributed by atoms with Crippen LogP contribution >= 0.6 is 0 Å². The summed E-state index contributed by atoms with van der Waals surface area (Å²) >= 11 is 0. The van der Waals surface area contributed by atoms with Gasteiger partial charge in [-0.1, -0.05) is 32.0 Å². The van der Waals surface area contributed by atoms with Gasteiger partial charge in [0.15, 0.2) is 9.84 Å². The summed E-state index contributed by atoms with van der Waals surface area (Å²) < 4.78 is 29.7. The Kier molecular flexibility index (Phi) is 5.79. The van der Waals surface area contributed by atoms with Gasteiger partial charge in [0.25, 0.3) is 0 Å². The number of nitrogens with one attached hydrogen (secondary N) is 1. The van der Waals surface area contributed by atoms with Gasteiger partial charge in [0.2, 0.25) is 0 Å². The second-order valence-electron chi connectivity index (χ2n) is 5.95. The van der Waals surface area contributed by atoms with Gasteiger partial charge in [0, 0.05) is 19.2 Å². The lowest BCUT2D eigenvalue weighted by Gasteiger charge is -2.26. The van der Waals surface area contributed by atoms with Crippen LogP contribution in [0.25, 0.3) is 0 Å². The van der Waals surface area contributed by atoms with E-state index in [2.05, 4.69) is 19.2 Å². The largest absolute Gasteiger partial charge is 0.380 e. The fourth-order valence-electron chi connectivity index (χ4n) is 2.53. The Labute approximate surface area is 127 Å². The molecule has 4 nitrogen and oxygen atoms in total. The third kappa shape index (κ3) is 4.53. The minimum absolute atomic E-state index is 0.110. The molecule has 0 amide bonds. The van der Waals surface area contributed by atoms with Crippen molar-refractivity contribution in [2.24, 2.45) is 5.92 Å². The van der Waals surface area contributed by atoms with Gasteiger partial charge >= 0.3 is 0 Å². The van der Waals surface area contributed by atoms with Crippen LogP contribution in [0.5, 0.6) is 0 Å². The van der Waals surface area contributed by atoms with Crippen molar-refractivity contribution < 1.29 is 13.2 Å². The van der Waals surface area contributed by atoms with Gasteiger partial charge < -0.3 is 10.1 Å². The Hall–Kier alpha value is -0.910. The molecule has 1 heterocycles. The smallest absolute Gasteiger partial charge is 0.178 e. The van der Waals surface area contributed by atoms with Crippen molar-refractivity contribution in [1.82, 2.24) is 5.32 Å². The van der Waals surface area contributed by atoms with E-state index >= 15 is 0 Å². The van der Waals surface area contributed by atoms with Gasteiger partial charge in [-0.2, -0.15) is 0 Å². The van der Waals surface area contributed by atoms with Crippen LogP contribution in [0.3, 0.4) is 0 Å². The topological polar surface area (TPSA) is 55.4 Å². The van der Waals surface area contributed by atoms with Crippen molar-refractivity contribution in [3.05, 3.63) is 29.8 Å². The Balaban J connectivity index is 1.85. The van der Waals surface area contributed by atoms with E-state index in [1.54, 1.807) is 12.1 Å². The lowest BCUT2D eigenvalue weighted by molar-refractivity contribution is 0.123. The predicted octanol–water partition coefficient (Wildman–Crippen LogP) is 2.56. The molecule has 21 heavy (non-hydrogen) atoms. The maximum atomic E-state index is 12.0. The van der Waals surface area contributed by atoms with E-state index in [0.717, 1.165) is 25.1 Å². The molecule has 0 fully saturated rings. The molecule has 0 saturated heterocycles. The number of hydrogen-bond acceptors (Lipinski definition) is 4. The van der Waals surface area contributed by atoms with Crippen LogP contribution in [-0.2, 0) is 14.6 Å². The van der Waals surface area contributed by atoms with E-state index in [-0.39, 0.29) is 11.8 Å². The molecule has 1 aliphatic rings. The molecule has 0 bridgehead atoms. The number of sulfone groups is 1. The van der Waals surface area contributed by atoms with Gasteiger partial charge in [-0.05, 0) is 30.4 Å². The van der Waals surface area contributed by atoms with Crippen LogP contribution in [-0.4, -0.2) is 33.9 Å². The number of rotatable bonds is 7. The van der Waals surface area contributed by atoms with Gasteiger partial charge in [-0.3, -0.25) is 0 Å². The third-order valence-electron chi connectivity index (χ3n) is 3.78. The third-order valence-corrected chi connectivity index (χ3v) is 5.60. The first kappa shape index (κ1) is 16.5. The standard InChI is InChI=1S/C16H25NO3S/c1-13(2)7-10-20-11-9-17-15-8-12-21(18,19)16-6-4-3-5-14(15)16/h3-6,13,15,17H,7-12H2,1-2H3. The molecule has 5 heteroatoms. The van der Waals surface area contributed by atoms with Crippen LogP contribution < -0.4 is 5.32 Å². The summed E-state index contributed by atoms with van der Waals surface area (Å²) in [6.07, 6.45) is 1.70. The lowest BCUT2D eigenvalue weighted by atomic mass is 10.0. The molecule has 1 unspecified atom stereocenters. The number of hydrogen-bond donors (Lipinski definition) is 1. The summed E-state index contributed by atoms with van der Waals surface area (Å²) in [7, 11) is -3.09. The molecule has 0 spiro atoms. The predicted molar refractivity (Wildman–Crippen MR) is 84.1 cm³/mol. The minimum Gasteiger partial charge on any atom is -0.380 e. The van der Waals surface area contributed by atoms with Crippen molar-refractivity contribution in [2.45, 2.75) is 37.6 Å². The van der Waals surface area contributed by atoms with Crippen molar-refractivity contribution in [3.63, 3.8) is 0 Å². The first-order valence-electron chi connectivity index (χ1n) is 7.63. The van der Waals surface area contributed by atoms with E-state index in [1.165, 1.54) is 0 Å². The molecular weight excluding hydrogens is 286 g/mol. The van der Waals surface area contributed by atoms with Crippen LogP contribution in [0.1, 0.15) is 38.3 Å². The second-order valence-corrected chi connectivity index (χ2v) is 8.02. The highest BCUT2D eigenvalue weighted by molar-refractivity contribution is 7.91. The molecule has 1 aliphatic heterocycles. The van der Waals surface area contributed by atoms with Crippen LogP contribution in [0.2, 0.25) is 0 Å². The maximum absolute atomic E-state index is 12.0. The van der Waals surface area contributed by atoms with Gasteiger partial charge in [0.05, 0.1) is 17.3 Å². The van der Waals surface area contributed by atoms with E-state index in [9.17, 15) is 8.42 Å². The normalized spacial score (nSPS) is 20.4. The van der Waals surface area contributed by atoms with E-state index < -0.39 is 9.84 Å². The molecule has 1 atom stereocenters. The number of benzene rings is 1. The van der Waals surface area contributed by atoms with Gasteiger partial charge in [-0.15, -0.1) is 0 Å². The molecule has 1 aromatic rings. The van der Waals surface area contributed by atoms with Crippen molar-refractivity contribution >= 4 is 9.84 Å². The highest BCUT2D eigenvalue weighted by Gasteiger charge is 2.29. The Morgan fingerprint density at radius 3 is 2.81 bits per heavy atom. The van der Waals surface area contributed by atoms with Gasteiger partial charge in [0.1, 0.15) is 0 Å². The highest BCUT2D eigenvalue weighted by atomic mass is 32.2. The van der Waals surface area contributed by atoms with Crippen LogP contribution in [0.4, 0.5) is 0 Å². The summed E-state index contributed by atoms with van der Waals surface area (Å²) in [4.78, 5) is 0.481. The summed E-state index contributed by atoms with van der Waals surface area (Å²) in [6, 6.07) is 7.40. The Bertz CT molecular complexity index is 554. The fourth-order valence-corrected chi connectivity index (χ4v) is 4.15. The first-order chi connectivity index (χ1) is 10.0. The van der Waals surface area contributed by atoms with Crippen molar-refractivity contribution in [3.8, 4) is 0 Å². The van der Waals surface area contributed by atoms with E-state index in [4.69, 9.17) is 4.74 Å². The monoisotopic (exact) mass is 311 g/mol. The minimum atomic E-state index is -3.09. The second kappa shape index (κ2) is 7.38. The fraction of sp³-hybridized carbons (Fsp3) is 0.625. The quantitative estimate of drug-likeness (QED) is 0.786. The zero-order valence-corrected chi connectivity index (χ0v) is 13.7. The molecule has 0 aliphatic carbocycles. The van der Waals surface area contributed by atoms with E-state index in [1.807, 2.05) is 12.1 Å². The van der Waals surface area contributed by atoms with Crippen molar-refractivity contribution in [2.75, 3.05) is 25.5 Å². The molecular formula is C16H25NO3S. The SMILES string of the molecule is CC(C)CCOCCNC1CCS(=O)(=O)c2ccccc21. The molecule has 0 radical (unpaired) electrons. The van der Waals surface area contributed by atoms with Gasteiger partial charge in [-0.25, -0.2) is 8.42 Å². The number of ether oxygens (including phenoxy) is 1. The summed E-state index contributed by atoms with van der Waals surface area (Å²) in [5.74, 6) is 0.879. The first-order valence-corrected chi connectivity index (χ1v) is 9.29. The lowest BCUT2D eigenvalue weighted by Crippen LogP contribution is -2.31. The molecule has 118 valence electrons. The van der Waals surface area contributed by atoms with E-state index in [0.29, 0.717) is 23.8 Å². The van der Waals surface area contributed by atoms with Crippen molar-refractivity contribution in [1.29, 1.82) is 0 Å². The Morgan fingerprint density at radius 1 is 1.29 bits per heavy atom. The Morgan fingerprint density at radius 2 is 2.05 bits per heavy atom. The zero-order chi connectivity index (χ0) is 15.3. The zero-order valence-electron chi connectivity index (χ0n) is 12.8. The molecule has 0 saturated carbocycles. The molecule has 0 aromatic heterocycles. The number of fused-ring (bicyclic) bond motifs is 1. The molecule has 2 rings (SSSR count). The highest BCUT2D eigenvalue weighted by Crippen LogP contribution is 2.31. The average molecular weight is 311 g/mol.